The largest absolute Gasteiger partial charge is 0.494 e. The summed E-state index contributed by atoms with van der Waals surface area (Å²) in [5.41, 5.74) is 1.31. The molecule has 0 aliphatic rings. The van der Waals surface area contributed by atoms with Gasteiger partial charge in [-0.15, -0.1) is 16.4 Å². The number of ether oxygens (including phenoxy) is 1. The Bertz CT molecular complexity index is 756. The third kappa shape index (κ3) is 3.12. The highest BCUT2D eigenvalue weighted by molar-refractivity contribution is 7.10. The summed E-state index contributed by atoms with van der Waals surface area (Å²) in [6, 6.07) is 9.17. The molecule has 0 atom stereocenters. The van der Waals surface area contributed by atoms with Crippen molar-refractivity contribution < 1.29 is 9.53 Å². The van der Waals surface area contributed by atoms with Crippen LogP contribution >= 0.6 is 11.3 Å². The first-order chi connectivity index (χ1) is 10.8. The van der Waals surface area contributed by atoms with Gasteiger partial charge in [0.25, 0.3) is 0 Å². The quantitative estimate of drug-likeness (QED) is 0.778. The van der Waals surface area contributed by atoms with Crippen LogP contribution in [0.1, 0.15) is 4.88 Å². The Morgan fingerprint density at radius 2 is 2.32 bits per heavy atom. The van der Waals surface area contributed by atoms with E-state index in [1.807, 2.05) is 17.5 Å². The molecule has 0 bridgehead atoms. The number of carbonyl (C=O) groups excluding carboxylic acids is 1. The number of amides is 1. The van der Waals surface area contributed by atoms with E-state index in [0.29, 0.717) is 23.5 Å². The van der Waals surface area contributed by atoms with Crippen LogP contribution in [0.2, 0.25) is 0 Å². The Balaban J connectivity index is 1.79. The molecule has 8 heteroatoms. The predicted octanol–water partition coefficient (Wildman–Crippen LogP) is 1.91. The summed E-state index contributed by atoms with van der Waals surface area (Å²) >= 11 is 1.56. The average Bonchev–Trinajstić information content (AvgIpc) is 3.20. The molecule has 0 radical (unpaired) electrons. The first-order valence-electron chi connectivity index (χ1n) is 6.50. The van der Waals surface area contributed by atoms with Crippen molar-refractivity contribution in [3.8, 4) is 11.4 Å². The average molecular weight is 315 g/mol. The van der Waals surface area contributed by atoms with E-state index in [-0.39, 0.29) is 5.91 Å². The van der Waals surface area contributed by atoms with Crippen LogP contribution in [0.4, 0.5) is 5.69 Å². The minimum Gasteiger partial charge on any atom is -0.494 e. The standard InChI is InChI=1S/C14H13N5O2S/c1-21-13-5-4-10(7-12(13)19-9-15-17-18-19)16-14(20)8-11-3-2-6-22-11/h2-7,9H,8H2,1H3,(H,16,20). The van der Waals surface area contributed by atoms with E-state index in [1.54, 1.807) is 36.6 Å². The van der Waals surface area contributed by atoms with E-state index >= 15 is 0 Å². The van der Waals surface area contributed by atoms with Gasteiger partial charge in [-0.25, -0.2) is 0 Å². The SMILES string of the molecule is COc1ccc(NC(=O)Cc2cccs2)cc1-n1cnnn1. The van der Waals surface area contributed by atoms with Crippen LogP contribution in [0, 0.1) is 0 Å². The molecule has 3 aromatic rings. The van der Waals surface area contributed by atoms with Crippen molar-refractivity contribution in [2.45, 2.75) is 6.42 Å². The molecule has 1 N–H and O–H groups in total. The number of nitrogens with one attached hydrogen (secondary N) is 1. The van der Waals surface area contributed by atoms with Crippen LogP contribution in [0.25, 0.3) is 5.69 Å². The first-order valence-corrected chi connectivity index (χ1v) is 7.38. The molecule has 112 valence electrons. The van der Waals surface area contributed by atoms with Crippen molar-refractivity contribution in [1.29, 1.82) is 0 Å². The number of methoxy groups -OCH3 is 1. The Morgan fingerprint density at radius 1 is 1.41 bits per heavy atom. The number of carbonyl (C=O) groups is 1. The van der Waals surface area contributed by atoms with Gasteiger partial charge in [0.2, 0.25) is 5.91 Å². The fraction of sp³-hybridized carbons (Fsp3) is 0.143. The van der Waals surface area contributed by atoms with Crippen LogP contribution in [0.15, 0.2) is 42.0 Å². The lowest BCUT2D eigenvalue weighted by molar-refractivity contribution is -0.115. The molecule has 0 aliphatic carbocycles. The van der Waals surface area contributed by atoms with E-state index in [0.717, 1.165) is 4.88 Å². The first kappa shape index (κ1) is 14.2. The van der Waals surface area contributed by atoms with Crippen molar-refractivity contribution in [2.75, 3.05) is 12.4 Å². The number of anilines is 1. The minimum absolute atomic E-state index is 0.0738. The second kappa shape index (κ2) is 6.35. The molecule has 0 fully saturated rings. The fourth-order valence-electron chi connectivity index (χ4n) is 2.00. The summed E-state index contributed by atoms with van der Waals surface area (Å²) in [6.07, 6.45) is 1.82. The monoisotopic (exact) mass is 315 g/mol. The van der Waals surface area contributed by atoms with Crippen LogP contribution in [0.3, 0.4) is 0 Å². The van der Waals surface area contributed by atoms with Gasteiger partial charge in [-0.1, -0.05) is 6.07 Å². The molecule has 0 aliphatic heterocycles. The zero-order valence-corrected chi connectivity index (χ0v) is 12.6. The Labute approximate surface area is 130 Å². The summed E-state index contributed by atoms with van der Waals surface area (Å²) in [6.45, 7) is 0. The van der Waals surface area contributed by atoms with Gasteiger partial charge in [0.05, 0.1) is 13.5 Å². The van der Waals surface area contributed by atoms with E-state index in [2.05, 4.69) is 20.8 Å². The maximum absolute atomic E-state index is 12.0. The van der Waals surface area contributed by atoms with Crippen molar-refractivity contribution in [3.05, 3.63) is 46.9 Å². The number of rotatable bonds is 5. The van der Waals surface area contributed by atoms with Crippen molar-refractivity contribution in [2.24, 2.45) is 0 Å². The Kier molecular flexibility index (Phi) is 4.10. The molecule has 2 aromatic heterocycles. The molecule has 7 nitrogen and oxygen atoms in total. The molecule has 3 rings (SSSR count). The lowest BCUT2D eigenvalue weighted by atomic mass is 10.2. The second-order valence-electron chi connectivity index (χ2n) is 4.45. The van der Waals surface area contributed by atoms with Crippen molar-refractivity contribution in [3.63, 3.8) is 0 Å². The highest BCUT2D eigenvalue weighted by Crippen LogP contribution is 2.25. The lowest BCUT2D eigenvalue weighted by Crippen LogP contribution is -2.14. The number of thiophene rings is 1. The van der Waals surface area contributed by atoms with Crippen LogP contribution < -0.4 is 10.1 Å². The summed E-state index contributed by atoms with van der Waals surface area (Å²) in [4.78, 5) is 13.1. The molecule has 0 spiro atoms. The van der Waals surface area contributed by atoms with Crippen molar-refractivity contribution in [1.82, 2.24) is 20.2 Å². The Morgan fingerprint density at radius 3 is 3.00 bits per heavy atom. The third-order valence-corrected chi connectivity index (χ3v) is 3.85. The smallest absolute Gasteiger partial charge is 0.229 e. The molecule has 0 saturated heterocycles. The topological polar surface area (TPSA) is 81.9 Å². The fourth-order valence-corrected chi connectivity index (χ4v) is 2.70. The summed E-state index contributed by atoms with van der Waals surface area (Å²) in [5.74, 6) is 0.541. The van der Waals surface area contributed by atoms with Gasteiger partial charge in [-0.3, -0.25) is 4.79 Å². The Hall–Kier alpha value is -2.74. The second-order valence-corrected chi connectivity index (χ2v) is 5.48. The van der Waals surface area contributed by atoms with Gasteiger partial charge in [0.15, 0.2) is 0 Å². The summed E-state index contributed by atoms with van der Waals surface area (Å²) in [5, 5.41) is 15.9. The third-order valence-electron chi connectivity index (χ3n) is 2.97. The lowest BCUT2D eigenvalue weighted by Gasteiger charge is -2.10. The molecule has 0 saturated carbocycles. The van der Waals surface area contributed by atoms with Gasteiger partial charge in [0.1, 0.15) is 17.8 Å². The molecular formula is C14H13N5O2S. The number of hydrogen-bond donors (Lipinski definition) is 1. The number of nitrogens with zero attached hydrogens (tertiary/aromatic N) is 4. The van der Waals surface area contributed by atoms with E-state index in [9.17, 15) is 4.79 Å². The van der Waals surface area contributed by atoms with Crippen LogP contribution in [0.5, 0.6) is 5.75 Å². The van der Waals surface area contributed by atoms with Gasteiger partial charge >= 0.3 is 0 Å². The summed E-state index contributed by atoms with van der Waals surface area (Å²) < 4.78 is 6.77. The highest BCUT2D eigenvalue weighted by Gasteiger charge is 2.10. The molecule has 1 amide bonds. The zero-order chi connectivity index (χ0) is 15.4. The number of hydrogen-bond acceptors (Lipinski definition) is 6. The highest BCUT2D eigenvalue weighted by atomic mass is 32.1. The van der Waals surface area contributed by atoms with Gasteiger partial charge in [-0.2, -0.15) is 4.68 Å². The minimum atomic E-state index is -0.0738. The molecule has 1 aromatic carbocycles. The zero-order valence-electron chi connectivity index (χ0n) is 11.8. The number of aromatic nitrogens is 4. The molecular weight excluding hydrogens is 302 g/mol. The van der Waals surface area contributed by atoms with E-state index in [1.165, 1.54) is 11.0 Å². The molecule has 2 heterocycles. The molecule has 0 unspecified atom stereocenters. The van der Waals surface area contributed by atoms with Crippen LogP contribution in [-0.2, 0) is 11.2 Å². The van der Waals surface area contributed by atoms with Crippen LogP contribution in [-0.4, -0.2) is 33.2 Å². The normalized spacial score (nSPS) is 10.4. The van der Waals surface area contributed by atoms with E-state index in [4.69, 9.17) is 4.74 Å². The van der Waals surface area contributed by atoms with Gasteiger partial charge in [0, 0.05) is 10.6 Å². The van der Waals surface area contributed by atoms with Gasteiger partial charge in [-0.05, 0) is 40.1 Å². The maximum atomic E-state index is 12.0. The van der Waals surface area contributed by atoms with E-state index < -0.39 is 0 Å². The summed E-state index contributed by atoms with van der Waals surface area (Å²) in [7, 11) is 1.57. The number of benzene rings is 1. The van der Waals surface area contributed by atoms with Gasteiger partial charge < -0.3 is 10.1 Å². The maximum Gasteiger partial charge on any atom is 0.229 e. The number of tetrazole rings is 1. The van der Waals surface area contributed by atoms with Crippen molar-refractivity contribution >= 4 is 22.9 Å². The molecule has 22 heavy (non-hydrogen) atoms. The predicted molar refractivity (Wildman–Crippen MR) is 82.4 cm³/mol.